The molecule has 0 N–H and O–H groups in total. The third-order valence-electron chi connectivity index (χ3n) is 4.26. The van der Waals surface area contributed by atoms with Crippen molar-refractivity contribution in [3.05, 3.63) is 64.7 Å². The predicted molar refractivity (Wildman–Crippen MR) is 91.9 cm³/mol. The monoisotopic (exact) mass is 315 g/mol. The van der Waals surface area contributed by atoms with Crippen molar-refractivity contribution in [2.75, 3.05) is 20.6 Å². The molecule has 2 nitrogen and oxygen atoms in total. The molecule has 0 saturated carbocycles. The number of nitrogens with zero attached hydrogens (tertiary/aromatic N) is 1. The lowest BCUT2D eigenvalue weighted by atomic mass is 9.83. The molecule has 0 fully saturated rings. The van der Waals surface area contributed by atoms with Gasteiger partial charge in [-0.05, 0) is 50.7 Å². The number of fused-ring (bicyclic) bond motifs is 1. The van der Waals surface area contributed by atoms with Gasteiger partial charge in [-0.25, -0.2) is 0 Å². The van der Waals surface area contributed by atoms with Crippen LogP contribution in [0, 0.1) is 0 Å². The molecule has 0 amide bonds. The van der Waals surface area contributed by atoms with Crippen LogP contribution in [0.4, 0.5) is 0 Å². The van der Waals surface area contributed by atoms with Crippen molar-refractivity contribution < 1.29 is 4.74 Å². The van der Waals surface area contributed by atoms with E-state index in [2.05, 4.69) is 49.3 Å². The zero-order chi connectivity index (χ0) is 15.5. The number of benzene rings is 2. The fraction of sp³-hybridized carbons (Fsp3) is 0.368. The highest BCUT2D eigenvalue weighted by Gasteiger charge is 2.29. The van der Waals surface area contributed by atoms with Crippen LogP contribution in [0.1, 0.15) is 29.9 Å². The summed E-state index contributed by atoms with van der Waals surface area (Å²) in [7, 11) is 4.21. The predicted octanol–water partition coefficient (Wildman–Crippen LogP) is 4.57. The first-order chi connectivity index (χ1) is 10.6. The Morgan fingerprint density at radius 1 is 1.09 bits per heavy atom. The average Bonchev–Trinajstić information content (AvgIpc) is 2.53. The number of ether oxygens (including phenoxy) is 1. The summed E-state index contributed by atoms with van der Waals surface area (Å²) in [6.07, 6.45) is 2.33. The van der Waals surface area contributed by atoms with Crippen LogP contribution >= 0.6 is 11.6 Å². The Hall–Kier alpha value is -1.51. The van der Waals surface area contributed by atoms with Crippen LogP contribution in [0.5, 0.6) is 5.75 Å². The molecule has 3 rings (SSSR count). The minimum atomic E-state index is 0.262. The van der Waals surface area contributed by atoms with Gasteiger partial charge < -0.3 is 9.64 Å². The lowest BCUT2D eigenvalue weighted by Crippen LogP contribution is -2.29. The van der Waals surface area contributed by atoms with Gasteiger partial charge in [-0.3, -0.25) is 0 Å². The maximum Gasteiger partial charge on any atom is 0.123 e. The molecule has 2 aromatic carbocycles. The standard InChI is InChI=1S/C19H22ClNO/c1-21(2)12-11-16-13-18(14-7-9-15(20)10-8-14)17-5-3-4-6-19(17)22-16/h3-10,16,18H,11-13H2,1-2H3. The summed E-state index contributed by atoms with van der Waals surface area (Å²) in [5, 5.41) is 0.785. The third-order valence-corrected chi connectivity index (χ3v) is 4.51. The van der Waals surface area contributed by atoms with Gasteiger partial charge in [0.05, 0.1) is 0 Å². The van der Waals surface area contributed by atoms with Crippen molar-refractivity contribution in [2.24, 2.45) is 0 Å². The molecule has 1 aliphatic heterocycles. The maximum absolute atomic E-state index is 6.21. The van der Waals surface area contributed by atoms with Crippen LogP contribution in [0.2, 0.25) is 5.02 Å². The van der Waals surface area contributed by atoms with E-state index < -0.39 is 0 Å². The van der Waals surface area contributed by atoms with E-state index in [1.807, 2.05) is 18.2 Å². The molecule has 0 aromatic heterocycles. The van der Waals surface area contributed by atoms with Gasteiger partial charge in [-0.1, -0.05) is 41.9 Å². The van der Waals surface area contributed by atoms with Crippen LogP contribution in [0.25, 0.3) is 0 Å². The van der Waals surface area contributed by atoms with Gasteiger partial charge in [0.15, 0.2) is 0 Å². The lowest BCUT2D eigenvalue weighted by molar-refractivity contribution is 0.144. The van der Waals surface area contributed by atoms with Crippen LogP contribution < -0.4 is 4.74 Å². The van der Waals surface area contributed by atoms with Gasteiger partial charge in [0.2, 0.25) is 0 Å². The number of rotatable bonds is 4. The molecule has 1 aliphatic rings. The summed E-state index contributed by atoms with van der Waals surface area (Å²) in [5.74, 6) is 1.41. The van der Waals surface area contributed by atoms with Crippen molar-refractivity contribution in [2.45, 2.75) is 24.9 Å². The minimum Gasteiger partial charge on any atom is -0.490 e. The van der Waals surface area contributed by atoms with E-state index in [-0.39, 0.29) is 6.10 Å². The number of hydrogen-bond acceptors (Lipinski definition) is 2. The van der Waals surface area contributed by atoms with E-state index in [4.69, 9.17) is 16.3 Å². The Morgan fingerprint density at radius 3 is 2.55 bits per heavy atom. The minimum absolute atomic E-state index is 0.262. The van der Waals surface area contributed by atoms with Gasteiger partial charge in [0.1, 0.15) is 11.9 Å². The fourth-order valence-electron chi connectivity index (χ4n) is 3.08. The quantitative estimate of drug-likeness (QED) is 0.819. The summed E-state index contributed by atoms with van der Waals surface area (Å²) >= 11 is 6.03. The second-order valence-electron chi connectivity index (χ2n) is 6.21. The van der Waals surface area contributed by atoms with Crippen molar-refractivity contribution >= 4 is 11.6 Å². The highest BCUT2D eigenvalue weighted by atomic mass is 35.5. The molecule has 0 spiro atoms. The molecule has 0 radical (unpaired) electrons. The van der Waals surface area contributed by atoms with E-state index >= 15 is 0 Å². The Kier molecular flexibility index (Phi) is 4.70. The van der Waals surface area contributed by atoms with Gasteiger partial charge in [-0.2, -0.15) is 0 Å². The molecule has 0 bridgehead atoms. The Labute approximate surface area is 137 Å². The van der Waals surface area contributed by atoms with E-state index in [1.165, 1.54) is 11.1 Å². The zero-order valence-corrected chi connectivity index (χ0v) is 13.9. The highest BCUT2D eigenvalue weighted by Crippen LogP contribution is 2.41. The van der Waals surface area contributed by atoms with Gasteiger partial charge >= 0.3 is 0 Å². The number of hydrogen-bond donors (Lipinski definition) is 0. The zero-order valence-electron chi connectivity index (χ0n) is 13.1. The van der Waals surface area contributed by atoms with E-state index in [9.17, 15) is 0 Å². The topological polar surface area (TPSA) is 12.5 Å². The van der Waals surface area contributed by atoms with Crippen molar-refractivity contribution in [1.29, 1.82) is 0 Å². The molecule has 22 heavy (non-hydrogen) atoms. The second-order valence-corrected chi connectivity index (χ2v) is 6.65. The third kappa shape index (κ3) is 3.45. The summed E-state index contributed by atoms with van der Waals surface area (Å²) in [6, 6.07) is 16.6. The van der Waals surface area contributed by atoms with Crippen LogP contribution in [-0.4, -0.2) is 31.6 Å². The van der Waals surface area contributed by atoms with Crippen molar-refractivity contribution in [1.82, 2.24) is 4.90 Å². The molecule has 116 valence electrons. The van der Waals surface area contributed by atoms with Gasteiger partial charge in [-0.15, -0.1) is 0 Å². The second kappa shape index (κ2) is 6.72. The molecule has 3 heteroatoms. The Bertz CT molecular complexity index is 624. The van der Waals surface area contributed by atoms with Crippen LogP contribution in [-0.2, 0) is 0 Å². The van der Waals surface area contributed by atoms with E-state index in [1.54, 1.807) is 0 Å². The Balaban J connectivity index is 1.88. The van der Waals surface area contributed by atoms with Crippen molar-refractivity contribution in [3.8, 4) is 5.75 Å². The smallest absolute Gasteiger partial charge is 0.123 e. The first-order valence-corrected chi connectivity index (χ1v) is 8.17. The first-order valence-electron chi connectivity index (χ1n) is 7.79. The van der Waals surface area contributed by atoms with Crippen LogP contribution in [0.3, 0.4) is 0 Å². The molecular weight excluding hydrogens is 294 g/mol. The van der Waals surface area contributed by atoms with Gasteiger partial charge in [0, 0.05) is 23.0 Å². The summed E-state index contributed by atoms with van der Waals surface area (Å²) in [6.45, 7) is 1.04. The molecule has 2 atom stereocenters. The molecule has 2 unspecified atom stereocenters. The summed E-state index contributed by atoms with van der Waals surface area (Å²) in [4.78, 5) is 2.21. The van der Waals surface area contributed by atoms with E-state index in [0.717, 1.165) is 30.2 Å². The first kappa shape index (κ1) is 15.4. The SMILES string of the molecule is CN(C)CCC1CC(c2ccc(Cl)cc2)c2ccccc2O1. The number of para-hydroxylation sites is 1. The van der Waals surface area contributed by atoms with Gasteiger partial charge in [0.25, 0.3) is 0 Å². The molecule has 0 saturated heterocycles. The molecular formula is C19H22ClNO. The van der Waals surface area contributed by atoms with E-state index in [0.29, 0.717) is 5.92 Å². The highest BCUT2D eigenvalue weighted by molar-refractivity contribution is 6.30. The number of halogens is 1. The lowest BCUT2D eigenvalue weighted by Gasteiger charge is -2.33. The fourth-order valence-corrected chi connectivity index (χ4v) is 3.21. The van der Waals surface area contributed by atoms with Crippen molar-refractivity contribution in [3.63, 3.8) is 0 Å². The van der Waals surface area contributed by atoms with Crippen LogP contribution in [0.15, 0.2) is 48.5 Å². The largest absolute Gasteiger partial charge is 0.490 e. The summed E-state index contributed by atoms with van der Waals surface area (Å²) in [5.41, 5.74) is 2.60. The maximum atomic E-state index is 6.21. The summed E-state index contributed by atoms with van der Waals surface area (Å²) < 4.78 is 6.21. The molecule has 2 aromatic rings. The molecule has 1 heterocycles. The normalized spacial score (nSPS) is 20.5. The average molecular weight is 316 g/mol. The molecule has 0 aliphatic carbocycles. The Morgan fingerprint density at radius 2 is 1.82 bits per heavy atom.